The molecule has 0 spiro atoms. The van der Waals surface area contributed by atoms with Crippen LogP contribution in [-0.4, -0.2) is 14.1 Å². The molecule has 2 nitrogen and oxygen atoms in total. The van der Waals surface area contributed by atoms with Crippen molar-refractivity contribution in [1.29, 1.82) is 0 Å². The van der Waals surface area contributed by atoms with E-state index in [1.54, 1.807) is 0 Å². The Morgan fingerprint density at radius 2 is 2.00 bits per heavy atom. The van der Waals surface area contributed by atoms with E-state index in [4.69, 9.17) is 17.3 Å². The van der Waals surface area contributed by atoms with Gasteiger partial charge in [0.1, 0.15) is 0 Å². The second-order valence-electron chi connectivity index (χ2n) is 3.39. The van der Waals surface area contributed by atoms with E-state index in [1.165, 1.54) is 0 Å². The van der Waals surface area contributed by atoms with E-state index in [0.29, 0.717) is 0 Å². The second-order valence-corrected chi connectivity index (χ2v) is 3.80. The number of rotatable bonds is 2. The first-order valence-electron chi connectivity index (χ1n) is 4.24. The lowest BCUT2D eigenvalue weighted by atomic mass is 10.1. The molecule has 0 aliphatic heterocycles. The highest BCUT2D eigenvalue weighted by Gasteiger charge is 2.06. The Morgan fingerprint density at radius 3 is 2.38 bits per heavy atom. The van der Waals surface area contributed by atoms with Crippen LogP contribution in [0.5, 0.6) is 0 Å². The summed E-state index contributed by atoms with van der Waals surface area (Å²) in [7, 11) is 3.97. The molecule has 0 aliphatic rings. The number of nitrogens with zero attached hydrogens (tertiary/aromatic N) is 1. The molecule has 1 atom stereocenters. The lowest BCUT2D eigenvalue weighted by Crippen LogP contribution is -2.10. The Morgan fingerprint density at radius 1 is 1.38 bits per heavy atom. The third kappa shape index (κ3) is 2.36. The van der Waals surface area contributed by atoms with Gasteiger partial charge in [-0.25, -0.2) is 0 Å². The van der Waals surface area contributed by atoms with Crippen molar-refractivity contribution >= 4 is 17.3 Å². The molecular formula is C10H15ClN2. The van der Waals surface area contributed by atoms with Crippen LogP contribution in [0, 0.1) is 0 Å². The van der Waals surface area contributed by atoms with Crippen molar-refractivity contribution in [2.45, 2.75) is 13.0 Å². The summed E-state index contributed by atoms with van der Waals surface area (Å²) in [6.45, 7) is 1.93. The van der Waals surface area contributed by atoms with Gasteiger partial charge in [0, 0.05) is 30.8 Å². The molecule has 0 bridgehead atoms. The lowest BCUT2D eigenvalue weighted by Gasteiger charge is -2.15. The van der Waals surface area contributed by atoms with Crippen LogP contribution in [0.4, 0.5) is 5.69 Å². The van der Waals surface area contributed by atoms with E-state index >= 15 is 0 Å². The fourth-order valence-corrected chi connectivity index (χ4v) is 1.51. The van der Waals surface area contributed by atoms with Crippen molar-refractivity contribution < 1.29 is 0 Å². The van der Waals surface area contributed by atoms with Gasteiger partial charge < -0.3 is 10.6 Å². The van der Waals surface area contributed by atoms with Crippen molar-refractivity contribution in [2.24, 2.45) is 5.73 Å². The third-order valence-electron chi connectivity index (χ3n) is 1.99. The maximum atomic E-state index is 6.06. The van der Waals surface area contributed by atoms with E-state index in [-0.39, 0.29) is 6.04 Å². The van der Waals surface area contributed by atoms with Crippen LogP contribution in [0.15, 0.2) is 18.2 Å². The van der Waals surface area contributed by atoms with Crippen LogP contribution in [0.1, 0.15) is 18.5 Å². The zero-order valence-electron chi connectivity index (χ0n) is 8.21. The monoisotopic (exact) mass is 198 g/mol. The van der Waals surface area contributed by atoms with E-state index in [1.807, 2.05) is 44.1 Å². The molecule has 0 radical (unpaired) electrons. The van der Waals surface area contributed by atoms with Crippen LogP contribution in [0.3, 0.4) is 0 Å². The summed E-state index contributed by atoms with van der Waals surface area (Å²) in [6, 6.07) is 5.91. The Kier molecular flexibility index (Phi) is 3.17. The van der Waals surface area contributed by atoms with Crippen molar-refractivity contribution in [3.63, 3.8) is 0 Å². The molecule has 0 fully saturated rings. The fourth-order valence-electron chi connectivity index (χ4n) is 1.16. The highest BCUT2D eigenvalue weighted by Crippen LogP contribution is 2.25. The number of hydrogen-bond acceptors (Lipinski definition) is 2. The van der Waals surface area contributed by atoms with E-state index in [2.05, 4.69) is 0 Å². The first kappa shape index (κ1) is 10.4. The number of hydrogen-bond donors (Lipinski definition) is 1. The van der Waals surface area contributed by atoms with Crippen molar-refractivity contribution in [3.05, 3.63) is 28.8 Å². The molecule has 1 aromatic rings. The van der Waals surface area contributed by atoms with Crippen molar-refractivity contribution in [1.82, 2.24) is 0 Å². The highest BCUT2D eigenvalue weighted by atomic mass is 35.5. The van der Waals surface area contributed by atoms with Gasteiger partial charge in [0.25, 0.3) is 0 Å². The minimum atomic E-state index is -0.0105. The summed E-state index contributed by atoms with van der Waals surface area (Å²) < 4.78 is 0. The Balaban J connectivity index is 3.06. The van der Waals surface area contributed by atoms with Gasteiger partial charge in [-0.1, -0.05) is 17.7 Å². The highest BCUT2D eigenvalue weighted by molar-refractivity contribution is 6.31. The van der Waals surface area contributed by atoms with Crippen LogP contribution in [0.25, 0.3) is 0 Å². The molecule has 1 unspecified atom stereocenters. The van der Waals surface area contributed by atoms with Gasteiger partial charge in [-0.3, -0.25) is 0 Å². The average molecular weight is 199 g/mol. The number of nitrogens with two attached hydrogens (primary N) is 1. The smallest absolute Gasteiger partial charge is 0.0474 e. The lowest BCUT2D eigenvalue weighted by molar-refractivity contribution is 0.818. The van der Waals surface area contributed by atoms with Crippen LogP contribution in [0.2, 0.25) is 5.02 Å². The fraction of sp³-hybridized carbons (Fsp3) is 0.400. The Bertz CT molecular complexity index is 295. The summed E-state index contributed by atoms with van der Waals surface area (Å²) in [5.74, 6) is 0. The van der Waals surface area contributed by atoms with Crippen LogP contribution >= 0.6 is 11.6 Å². The van der Waals surface area contributed by atoms with Gasteiger partial charge in [0.2, 0.25) is 0 Å². The topological polar surface area (TPSA) is 29.3 Å². The van der Waals surface area contributed by atoms with Crippen molar-refractivity contribution in [3.8, 4) is 0 Å². The van der Waals surface area contributed by atoms with Gasteiger partial charge in [0.15, 0.2) is 0 Å². The molecule has 0 saturated carbocycles. The van der Waals surface area contributed by atoms with Crippen LogP contribution < -0.4 is 10.6 Å². The van der Waals surface area contributed by atoms with Gasteiger partial charge in [-0.05, 0) is 24.6 Å². The molecule has 0 aliphatic carbocycles. The minimum Gasteiger partial charge on any atom is -0.378 e. The largest absolute Gasteiger partial charge is 0.378 e. The molecule has 0 saturated heterocycles. The summed E-state index contributed by atoms with van der Waals surface area (Å²) in [6.07, 6.45) is 0. The number of benzene rings is 1. The quantitative estimate of drug-likeness (QED) is 0.791. The Labute approximate surface area is 84.3 Å². The summed E-state index contributed by atoms with van der Waals surface area (Å²) in [5.41, 5.74) is 7.83. The molecule has 0 aromatic heterocycles. The van der Waals surface area contributed by atoms with E-state index in [9.17, 15) is 0 Å². The zero-order chi connectivity index (χ0) is 10.0. The molecule has 0 heterocycles. The Hall–Kier alpha value is -0.730. The summed E-state index contributed by atoms with van der Waals surface area (Å²) >= 11 is 6.06. The second kappa shape index (κ2) is 3.99. The number of halogens is 1. The predicted octanol–water partition coefficient (Wildman–Crippen LogP) is 2.43. The molecule has 0 amide bonds. The number of anilines is 1. The first-order chi connectivity index (χ1) is 6.02. The maximum absolute atomic E-state index is 6.06. The normalized spacial score (nSPS) is 12.7. The van der Waals surface area contributed by atoms with Gasteiger partial charge in [0.05, 0.1) is 0 Å². The van der Waals surface area contributed by atoms with Crippen molar-refractivity contribution in [2.75, 3.05) is 19.0 Å². The predicted molar refractivity (Wildman–Crippen MR) is 58.4 cm³/mol. The summed E-state index contributed by atoms with van der Waals surface area (Å²) in [4.78, 5) is 2.01. The van der Waals surface area contributed by atoms with Gasteiger partial charge in [-0.2, -0.15) is 0 Å². The van der Waals surface area contributed by atoms with Gasteiger partial charge >= 0.3 is 0 Å². The molecule has 1 aromatic carbocycles. The molecule has 72 valence electrons. The van der Waals surface area contributed by atoms with E-state index in [0.717, 1.165) is 16.3 Å². The minimum absolute atomic E-state index is 0.0105. The van der Waals surface area contributed by atoms with Gasteiger partial charge in [-0.15, -0.1) is 0 Å². The maximum Gasteiger partial charge on any atom is 0.0474 e. The molecule has 2 N–H and O–H groups in total. The molecule has 3 heteroatoms. The SMILES string of the molecule is CC(N)c1ccc(N(C)C)cc1Cl. The average Bonchev–Trinajstić information content (AvgIpc) is 2.03. The zero-order valence-corrected chi connectivity index (χ0v) is 8.97. The van der Waals surface area contributed by atoms with Crippen LogP contribution in [-0.2, 0) is 0 Å². The first-order valence-corrected chi connectivity index (χ1v) is 4.62. The van der Waals surface area contributed by atoms with E-state index < -0.39 is 0 Å². The molecular weight excluding hydrogens is 184 g/mol. The molecule has 13 heavy (non-hydrogen) atoms. The standard InChI is InChI=1S/C10H15ClN2/c1-7(12)9-5-4-8(13(2)3)6-10(9)11/h4-7H,12H2,1-3H3. The molecule has 1 rings (SSSR count). The third-order valence-corrected chi connectivity index (χ3v) is 2.32. The summed E-state index contributed by atoms with van der Waals surface area (Å²) in [5, 5.41) is 0.737.